The first-order valence-corrected chi connectivity index (χ1v) is 10.4. The van der Waals surface area contributed by atoms with Crippen LogP contribution >= 0.6 is 0 Å². The van der Waals surface area contributed by atoms with Crippen molar-refractivity contribution in [1.29, 1.82) is 0 Å². The third-order valence-electron chi connectivity index (χ3n) is 5.36. The van der Waals surface area contributed by atoms with Crippen molar-refractivity contribution in [3.63, 3.8) is 0 Å². The van der Waals surface area contributed by atoms with Gasteiger partial charge in [0.25, 0.3) is 5.56 Å². The van der Waals surface area contributed by atoms with Crippen LogP contribution in [0.1, 0.15) is 18.7 Å². The molecule has 0 amide bonds. The van der Waals surface area contributed by atoms with Crippen molar-refractivity contribution in [2.75, 3.05) is 27.7 Å². The van der Waals surface area contributed by atoms with Gasteiger partial charge >= 0.3 is 0 Å². The summed E-state index contributed by atoms with van der Waals surface area (Å²) in [5.41, 5.74) is 1.68. The number of nitrogens with zero attached hydrogens (tertiary/aromatic N) is 4. The summed E-state index contributed by atoms with van der Waals surface area (Å²) in [7, 11) is 7.35. The lowest BCUT2D eigenvalue weighted by Crippen LogP contribution is -2.25. The number of methoxy groups -OCH3 is 1. The quantitative estimate of drug-likeness (QED) is 0.381. The highest BCUT2D eigenvalue weighted by Crippen LogP contribution is 2.32. The first-order valence-electron chi connectivity index (χ1n) is 10.4. The zero-order chi connectivity index (χ0) is 23.3. The zero-order valence-corrected chi connectivity index (χ0v) is 18.9. The second-order valence-electron chi connectivity index (χ2n) is 7.88. The monoisotopic (exact) mass is 434 g/mol. The lowest BCUT2D eigenvalue weighted by Gasteiger charge is -2.16. The SMILES string of the molecule is [C-]#[N+]c1ccc(-c2nc(CCCCN(C)C)n(C)c(=O)c2-c2ccc(OC)cc2)cc1F. The van der Waals surface area contributed by atoms with E-state index in [4.69, 9.17) is 16.3 Å². The number of rotatable bonds is 8. The van der Waals surface area contributed by atoms with Crippen molar-refractivity contribution < 1.29 is 9.13 Å². The summed E-state index contributed by atoms with van der Waals surface area (Å²) in [5.74, 6) is 0.689. The van der Waals surface area contributed by atoms with Gasteiger partial charge in [0, 0.05) is 19.0 Å². The summed E-state index contributed by atoms with van der Waals surface area (Å²) in [4.78, 5) is 23.5. The summed E-state index contributed by atoms with van der Waals surface area (Å²) in [5, 5.41) is 0. The lowest BCUT2D eigenvalue weighted by molar-refractivity contribution is 0.393. The molecular weight excluding hydrogens is 407 g/mol. The van der Waals surface area contributed by atoms with Gasteiger partial charge in [0.1, 0.15) is 17.4 Å². The molecule has 0 saturated carbocycles. The lowest BCUT2D eigenvalue weighted by atomic mass is 9.99. The van der Waals surface area contributed by atoms with Crippen molar-refractivity contribution in [3.8, 4) is 28.1 Å². The fourth-order valence-corrected chi connectivity index (χ4v) is 3.55. The minimum atomic E-state index is -0.631. The topological polar surface area (TPSA) is 51.7 Å². The Balaban J connectivity index is 2.14. The first-order chi connectivity index (χ1) is 15.3. The number of hydrogen-bond acceptors (Lipinski definition) is 4. The number of aromatic nitrogens is 2. The van der Waals surface area contributed by atoms with Crippen LogP contribution in [-0.4, -0.2) is 42.2 Å². The summed E-state index contributed by atoms with van der Waals surface area (Å²) in [6.07, 6.45) is 2.50. The molecule has 0 N–H and O–H groups in total. The molecule has 0 unspecified atom stereocenters. The normalized spacial score (nSPS) is 10.9. The Morgan fingerprint density at radius 1 is 1.12 bits per heavy atom. The van der Waals surface area contributed by atoms with Gasteiger partial charge in [0.2, 0.25) is 5.69 Å². The molecule has 0 saturated heterocycles. The highest BCUT2D eigenvalue weighted by atomic mass is 19.1. The molecule has 0 bridgehead atoms. The van der Waals surface area contributed by atoms with Crippen molar-refractivity contribution in [2.45, 2.75) is 19.3 Å². The number of aryl methyl sites for hydroxylation is 1. The number of halogens is 1. The predicted octanol–water partition coefficient (Wildman–Crippen LogP) is 4.70. The average Bonchev–Trinajstić information content (AvgIpc) is 2.79. The predicted molar refractivity (Wildman–Crippen MR) is 125 cm³/mol. The summed E-state index contributed by atoms with van der Waals surface area (Å²) < 4.78 is 21.2. The molecule has 0 aliphatic heterocycles. The third-order valence-corrected chi connectivity index (χ3v) is 5.36. The minimum Gasteiger partial charge on any atom is -0.497 e. The molecule has 1 aromatic heterocycles. The zero-order valence-electron chi connectivity index (χ0n) is 18.9. The van der Waals surface area contributed by atoms with Gasteiger partial charge in [-0.3, -0.25) is 9.36 Å². The van der Waals surface area contributed by atoms with Crippen LogP contribution < -0.4 is 10.3 Å². The van der Waals surface area contributed by atoms with Gasteiger partial charge in [0.05, 0.1) is 24.9 Å². The highest BCUT2D eigenvalue weighted by molar-refractivity contribution is 5.81. The summed E-state index contributed by atoms with van der Waals surface area (Å²) in [6.45, 7) is 8.05. The summed E-state index contributed by atoms with van der Waals surface area (Å²) >= 11 is 0. The van der Waals surface area contributed by atoms with E-state index < -0.39 is 5.82 Å². The molecule has 32 heavy (non-hydrogen) atoms. The van der Waals surface area contributed by atoms with E-state index in [1.165, 1.54) is 12.1 Å². The van der Waals surface area contributed by atoms with Crippen molar-refractivity contribution in [1.82, 2.24) is 14.5 Å². The van der Waals surface area contributed by atoms with Gasteiger partial charge in [-0.25, -0.2) is 14.2 Å². The molecule has 1 heterocycles. The van der Waals surface area contributed by atoms with Gasteiger partial charge in [-0.2, -0.15) is 0 Å². The molecular formula is C25H27FN4O2. The average molecular weight is 435 g/mol. The van der Waals surface area contributed by atoms with Crippen molar-refractivity contribution >= 4 is 5.69 Å². The highest BCUT2D eigenvalue weighted by Gasteiger charge is 2.19. The second kappa shape index (κ2) is 10.2. The largest absolute Gasteiger partial charge is 0.497 e. The summed E-state index contributed by atoms with van der Waals surface area (Å²) in [6, 6.07) is 11.5. The van der Waals surface area contributed by atoms with Gasteiger partial charge in [-0.1, -0.05) is 24.3 Å². The fraction of sp³-hybridized carbons (Fsp3) is 0.320. The van der Waals surface area contributed by atoms with Gasteiger partial charge in [-0.15, -0.1) is 0 Å². The van der Waals surface area contributed by atoms with Gasteiger partial charge < -0.3 is 9.64 Å². The van der Waals surface area contributed by atoms with Crippen molar-refractivity contribution in [2.24, 2.45) is 7.05 Å². The van der Waals surface area contributed by atoms with Crippen LogP contribution in [0.2, 0.25) is 0 Å². The van der Waals surface area contributed by atoms with E-state index >= 15 is 0 Å². The van der Waals surface area contributed by atoms with Gasteiger partial charge in [0.15, 0.2) is 0 Å². The number of benzene rings is 2. The molecule has 0 aliphatic carbocycles. The van der Waals surface area contributed by atoms with Gasteiger partial charge in [-0.05, 0) is 57.2 Å². The van der Waals surface area contributed by atoms with Crippen LogP contribution in [0.3, 0.4) is 0 Å². The molecule has 0 atom stereocenters. The van der Waals surface area contributed by atoms with E-state index in [-0.39, 0.29) is 11.2 Å². The van der Waals surface area contributed by atoms with E-state index in [0.717, 1.165) is 19.4 Å². The Morgan fingerprint density at radius 3 is 2.41 bits per heavy atom. The maximum Gasteiger partial charge on any atom is 0.261 e. The molecule has 0 spiro atoms. The maximum absolute atomic E-state index is 14.4. The Bertz CT molecular complexity index is 1190. The molecule has 3 aromatic rings. The maximum atomic E-state index is 14.4. The Kier molecular flexibility index (Phi) is 7.39. The Hall–Kier alpha value is -3.50. The van der Waals surface area contributed by atoms with E-state index in [9.17, 15) is 9.18 Å². The Morgan fingerprint density at radius 2 is 1.81 bits per heavy atom. The van der Waals surface area contributed by atoms with Crippen molar-refractivity contribution in [3.05, 3.63) is 75.9 Å². The van der Waals surface area contributed by atoms with Crippen LogP contribution in [0, 0.1) is 12.4 Å². The molecule has 6 nitrogen and oxygen atoms in total. The van der Waals surface area contributed by atoms with Crippen LogP contribution in [0.4, 0.5) is 10.1 Å². The van der Waals surface area contributed by atoms with E-state index in [1.54, 1.807) is 49.1 Å². The molecule has 0 radical (unpaired) electrons. The second-order valence-corrected chi connectivity index (χ2v) is 7.88. The van der Waals surface area contributed by atoms with Crippen LogP contribution in [0.5, 0.6) is 5.75 Å². The molecule has 0 aliphatic rings. The molecule has 7 heteroatoms. The Labute approximate surface area is 187 Å². The number of unbranched alkanes of at least 4 members (excludes halogenated alkanes) is 1. The van der Waals surface area contributed by atoms with Crippen LogP contribution in [0.25, 0.3) is 27.2 Å². The van der Waals surface area contributed by atoms with E-state index in [2.05, 4.69) is 9.74 Å². The molecule has 166 valence electrons. The number of ether oxygens (including phenoxy) is 1. The molecule has 2 aromatic carbocycles. The fourth-order valence-electron chi connectivity index (χ4n) is 3.55. The van der Waals surface area contributed by atoms with Crippen LogP contribution in [0.15, 0.2) is 47.3 Å². The third kappa shape index (κ3) is 5.04. The smallest absolute Gasteiger partial charge is 0.261 e. The number of hydrogen-bond donors (Lipinski definition) is 0. The van der Waals surface area contributed by atoms with E-state index in [0.29, 0.717) is 40.4 Å². The standard InChI is InChI=1S/C25H27FN4O2/c1-27-21-14-11-18(16-20(21)26)24-23(17-9-12-19(32-5)13-10-17)25(31)30(4)22(28-24)8-6-7-15-29(2)3/h9-14,16H,6-8,15H2,2-5H3. The molecule has 3 rings (SSSR count). The minimum absolute atomic E-state index is 0.0625. The van der Waals surface area contributed by atoms with E-state index in [1.807, 2.05) is 14.1 Å². The van der Waals surface area contributed by atoms with Crippen LogP contribution in [-0.2, 0) is 13.5 Å². The first kappa shape index (κ1) is 23.2. The molecule has 0 fully saturated rings.